The summed E-state index contributed by atoms with van der Waals surface area (Å²) in [6.07, 6.45) is 0. The zero-order valence-corrected chi connectivity index (χ0v) is 21.9. The molecule has 0 spiro atoms. The lowest BCUT2D eigenvalue weighted by Gasteiger charge is -2.34. The molecule has 0 saturated carbocycles. The molecule has 0 unspecified atom stereocenters. The second-order valence-corrected chi connectivity index (χ2v) is 9.33. The van der Waals surface area contributed by atoms with Crippen LogP contribution in [0.5, 0.6) is 5.75 Å². The quantitative estimate of drug-likeness (QED) is 0.386. The molecule has 8 nitrogen and oxygen atoms in total. The fourth-order valence-electron chi connectivity index (χ4n) is 4.82. The van der Waals surface area contributed by atoms with E-state index >= 15 is 0 Å². The number of hydrogen-bond donors (Lipinski definition) is 1. The minimum atomic E-state index is -0.222. The number of piperazine rings is 1. The van der Waals surface area contributed by atoms with Crippen molar-refractivity contribution in [2.24, 2.45) is 0 Å². The van der Waals surface area contributed by atoms with Gasteiger partial charge in [-0.15, -0.1) is 0 Å². The van der Waals surface area contributed by atoms with Gasteiger partial charge in [-0.05, 0) is 79.2 Å². The van der Waals surface area contributed by atoms with Crippen LogP contribution in [0.1, 0.15) is 21.6 Å². The molecule has 0 aliphatic carbocycles. The number of benzene rings is 3. The first-order valence-corrected chi connectivity index (χ1v) is 12.8. The van der Waals surface area contributed by atoms with E-state index in [1.807, 2.05) is 67.6 Å². The van der Waals surface area contributed by atoms with E-state index in [4.69, 9.17) is 10.00 Å². The molecule has 8 heteroatoms. The Morgan fingerprint density at radius 1 is 0.872 bits per heavy atom. The van der Waals surface area contributed by atoms with Crippen LogP contribution in [0, 0.1) is 18.3 Å². The van der Waals surface area contributed by atoms with E-state index in [0.29, 0.717) is 43.0 Å². The van der Waals surface area contributed by atoms with Crippen molar-refractivity contribution in [1.29, 1.82) is 5.26 Å². The van der Waals surface area contributed by atoms with Crippen molar-refractivity contribution in [2.45, 2.75) is 6.92 Å². The highest BCUT2D eigenvalue weighted by molar-refractivity contribution is 5.97. The zero-order valence-electron chi connectivity index (χ0n) is 21.9. The standard InChI is InChI=1S/C31H29N5O3/c1-22-28(20-29(24-10-14-27(39-2)15-11-24)36(22)26-6-4-3-5-7-26)30(37)34-16-18-35(19-17-34)31(38)33-25-12-8-23(21-32)9-13-25/h3-15,20H,16-19H2,1-2H3,(H,33,38). The van der Waals surface area contributed by atoms with E-state index in [9.17, 15) is 9.59 Å². The van der Waals surface area contributed by atoms with E-state index in [0.717, 1.165) is 28.4 Å². The number of urea groups is 1. The van der Waals surface area contributed by atoms with Crippen LogP contribution >= 0.6 is 0 Å². The summed E-state index contributed by atoms with van der Waals surface area (Å²) in [6, 6.07) is 28.3. The molecule has 1 saturated heterocycles. The molecular formula is C31H29N5O3. The highest BCUT2D eigenvalue weighted by Gasteiger charge is 2.28. The van der Waals surface area contributed by atoms with E-state index in [-0.39, 0.29) is 11.9 Å². The predicted molar refractivity (Wildman–Crippen MR) is 150 cm³/mol. The zero-order chi connectivity index (χ0) is 27.4. The Labute approximate surface area is 227 Å². The molecule has 1 fully saturated rings. The fraction of sp³-hybridized carbons (Fsp3) is 0.194. The number of anilines is 1. The van der Waals surface area contributed by atoms with Gasteiger partial charge in [-0.25, -0.2) is 4.79 Å². The van der Waals surface area contributed by atoms with Gasteiger partial charge in [-0.1, -0.05) is 18.2 Å². The Balaban J connectivity index is 1.34. The topological polar surface area (TPSA) is 90.6 Å². The van der Waals surface area contributed by atoms with Crippen molar-refractivity contribution in [3.63, 3.8) is 0 Å². The van der Waals surface area contributed by atoms with Crippen LogP contribution in [0.25, 0.3) is 16.9 Å². The predicted octanol–water partition coefficient (Wildman–Crippen LogP) is 5.32. The summed E-state index contributed by atoms with van der Waals surface area (Å²) in [7, 11) is 1.64. The van der Waals surface area contributed by atoms with Gasteiger partial charge in [0.15, 0.2) is 0 Å². The van der Waals surface area contributed by atoms with Gasteiger partial charge in [0.2, 0.25) is 0 Å². The Hall–Kier alpha value is -5.03. The van der Waals surface area contributed by atoms with Crippen LogP contribution < -0.4 is 10.1 Å². The first-order chi connectivity index (χ1) is 19.0. The van der Waals surface area contributed by atoms with Crippen molar-refractivity contribution in [3.05, 3.63) is 102 Å². The smallest absolute Gasteiger partial charge is 0.321 e. The number of hydrogen-bond acceptors (Lipinski definition) is 4. The summed E-state index contributed by atoms with van der Waals surface area (Å²) in [5, 5.41) is 11.8. The summed E-state index contributed by atoms with van der Waals surface area (Å²) < 4.78 is 7.43. The number of carbonyl (C=O) groups excluding carboxylic acids is 2. The molecule has 2 heterocycles. The maximum Gasteiger partial charge on any atom is 0.321 e. The summed E-state index contributed by atoms with van der Waals surface area (Å²) >= 11 is 0. The third-order valence-electron chi connectivity index (χ3n) is 7.00. The third kappa shape index (κ3) is 5.34. The lowest BCUT2D eigenvalue weighted by molar-refractivity contribution is 0.0671. The van der Waals surface area contributed by atoms with Crippen LogP contribution in [-0.4, -0.2) is 59.6 Å². The molecule has 39 heavy (non-hydrogen) atoms. The lowest BCUT2D eigenvalue weighted by Crippen LogP contribution is -2.51. The van der Waals surface area contributed by atoms with Crippen LogP contribution in [-0.2, 0) is 0 Å². The van der Waals surface area contributed by atoms with Crippen molar-refractivity contribution < 1.29 is 14.3 Å². The number of methoxy groups -OCH3 is 1. The Morgan fingerprint density at radius 3 is 2.13 bits per heavy atom. The molecule has 0 bridgehead atoms. The second-order valence-electron chi connectivity index (χ2n) is 9.33. The van der Waals surface area contributed by atoms with Gasteiger partial charge >= 0.3 is 6.03 Å². The molecule has 3 aromatic carbocycles. The van der Waals surface area contributed by atoms with Gasteiger partial charge in [0.25, 0.3) is 5.91 Å². The Kier molecular flexibility index (Phi) is 7.32. The van der Waals surface area contributed by atoms with Gasteiger partial charge in [0.1, 0.15) is 5.75 Å². The largest absolute Gasteiger partial charge is 0.497 e. The maximum atomic E-state index is 13.7. The van der Waals surface area contributed by atoms with Crippen LogP contribution in [0.3, 0.4) is 0 Å². The maximum absolute atomic E-state index is 13.7. The fourth-order valence-corrected chi connectivity index (χ4v) is 4.82. The molecule has 5 rings (SSSR count). The number of nitriles is 1. The molecule has 3 amide bonds. The number of ether oxygens (including phenoxy) is 1. The van der Waals surface area contributed by atoms with E-state index in [1.165, 1.54) is 0 Å². The molecular weight excluding hydrogens is 490 g/mol. The van der Waals surface area contributed by atoms with E-state index in [2.05, 4.69) is 16.0 Å². The minimum absolute atomic E-state index is 0.0518. The molecule has 4 aromatic rings. The summed E-state index contributed by atoms with van der Waals surface area (Å²) in [5.74, 6) is 0.717. The Bertz CT molecular complexity index is 1510. The third-order valence-corrected chi connectivity index (χ3v) is 7.00. The number of amides is 3. The highest BCUT2D eigenvalue weighted by Crippen LogP contribution is 2.31. The second kappa shape index (κ2) is 11.2. The molecule has 1 N–H and O–H groups in total. The molecule has 1 aliphatic heterocycles. The molecule has 0 atom stereocenters. The molecule has 196 valence electrons. The van der Waals surface area contributed by atoms with Gasteiger partial charge in [-0.2, -0.15) is 5.26 Å². The average molecular weight is 520 g/mol. The van der Waals surface area contributed by atoms with Crippen molar-refractivity contribution in [1.82, 2.24) is 14.4 Å². The van der Waals surface area contributed by atoms with Crippen LogP contribution in [0.2, 0.25) is 0 Å². The summed E-state index contributed by atoms with van der Waals surface area (Å²) in [6.45, 7) is 3.70. The normalized spacial score (nSPS) is 13.1. The number of nitrogens with one attached hydrogen (secondary N) is 1. The van der Waals surface area contributed by atoms with Gasteiger partial charge in [-0.3, -0.25) is 4.79 Å². The van der Waals surface area contributed by atoms with Crippen molar-refractivity contribution in [3.8, 4) is 28.8 Å². The van der Waals surface area contributed by atoms with Gasteiger partial charge in [0, 0.05) is 43.2 Å². The number of aromatic nitrogens is 1. The van der Waals surface area contributed by atoms with Gasteiger partial charge < -0.3 is 24.4 Å². The minimum Gasteiger partial charge on any atom is -0.497 e. The van der Waals surface area contributed by atoms with E-state index in [1.54, 1.807) is 41.2 Å². The van der Waals surface area contributed by atoms with E-state index < -0.39 is 0 Å². The molecule has 1 aromatic heterocycles. The first-order valence-electron chi connectivity index (χ1n) is 12.8. The van der Waals surface area contributed by atoms with Crippen molar-refractivity contribution >= 4 is 17.6 Å². The monoisotopic (exact) mass is 519 g/mol. The number of carbonyl (C=O) groups is 2. The van der Waals surface area contributed by atoms with Crippen molar-refractivity contribution in [2.75, 3.05) is 38.6 Å². The van der Waals surface area contributed by atoms with Crippen LogP contribution in [0.4, 0.5) is 10.5 Å². The van der Waals surface area contributed by atoms with Crippen LogP contribution in [0.15, 0.2) is 84.9 Å². The summed E-state index contributed by atoms with van der Waals surface area (Å²) in [4.78, 5) is 30.0. The number of nitrogens with zero attached hydrogens (tertiary/aromatic N) is 4. The SMILES string of the molecule is COc1ccc(-c2cc(C(=O)N3CCN(C(=O)Nc4ccc(C#N)cc4)CC3)c(C)n2-c2ccccc2)cc1. The number of rotatable bonds is 5. The Morgan fingerprint density at radius 2 is 1.51 bits per heavy atom. The summed E-state index contributed by atoms with van der Waals surface area (Å²) in [5.41, 5.74) is 5.53. The molecule has 0 radical (unpaired) electrons. The number of para-hydroxylation sites is 1. The highest BCUT2D eigenvalue weighted by atomic mass is 16.5. The van der Waals surface area contributed by atoms with Gasteiger partial charge in [0.05, 0.1) is 30.0 Å². The average Bonchev–Trinajstić information content (AvgIpc) is 3.34. The first kappa shape index (κ1) is 25.6. The lowest BCUT2D eigenvalue weighted by atomic mass is 10.1. The molecule has 1 aliphatic rings.